The topological polar surface area (TPSA) is 50.8 Å². The van der Waals surface area contributed by atoms with E-state index in [1.807, 2.05) is 30.3 Å². The second-order valence-electron chi connectivity index (χ2n) is 7.94. The molecule has 29 heavy (non-hydrogen) atoms. The first-order valence-corrected chi connectivity index (χ1v) is 10.3. The summed E-state index contributed by atoms with van der Waals surface area (Å²) in [5, 5.41) is 3.25. The minimum absolute atomic E-state index is 0.0141. The van der Waals surface area contributed by atoms with E-state index in [2.05, 4.69) is 42.3 Å². The molecule has 0 bridgehead atoms. The molecule has 2 unspecified atom stereocenters. The number of nitrogens with one attached hydrogen (secondary N) is 1. The fourth-order valence-electron chi connectivity index (χ4n) is 4.16. The molecule has 2 atom stereocenters. The monoisotopic (exact) mass is 396 g/mol. The second-order valence-corrected chi connectivity index (χ2v) is 7.94. The number of hydrogen-bond acceptors (Lipinski definition) is 4. The van der Waals surface area contributed by atoms with Gasteiger partial charge in [-0.2, -0.15) is 0 Å². The van der Waals surface area contributed by atoms with Crippen LogP contribution in [0.3, 0.4) is 0 Å². The number of rotatable bonds is 8. The summed E-state index contributed by atoms with van der Waals surface area (Å²) < 4.78 is 10.9. The molecule has 0 aromatic heterocycles. The third-order valence-electron chi connectivity index (χ3n) is 5.65. The summed E-state index contributed by atoms with van der Waals surface area (Å²) in [5.41, 5.74) is 2.26. The average Bonchev–Trinajstić information content (AvgIpc) is 3.19. The largest absolute Gasteiger partial charge is 0.497 e. The lowest BCUT2D eigenvalue weighted by Crippen LogP contribution is -2.40. The normalized spacial score (nSPS) is 17.9. The highest BCUT2D eigenvalue weighted by Crippen LogP contribution is 2.38. The van der Waals surface area contributed by atoms with Crippen molar-refractivity contribution in [2.24, 2.45) is 5.92 Å². The number of nitrogens with zero attached hydrogens (tertiary/aromatic N) is 1. The molecule has 0 saturated carbocycles. The van der Waals surface area contributed by atoms with E-state index in [0.29, 0.717) is 12.5 Å². The Morgan fingerprint density at radius 1 is 1.14 bits per heavy atom. The van der Waals surface area contributed by atoms with Crippen LogP contribution in [0.25, 0.3) is 0 Å². The quantitative estimate of drug-likeness (QED) is 0.721. The molecule has 1 amide bonds. The molecule has 1 aliphatic heterocycles. The number of carbonyl (C=O) groups is 1. The molecule has 1 heterocycles. The van der Waals surface area contributed by atoms with Gasteiger partial charge in [0, 0.05) is 17.7 Å². The molecule has 0 spiro atoms. The zero-order valence-electron chi connectivity index (χ0n) is 17.9. The van der Waals surface area contributed by atoms with E-state index in [0.717, 1.165) is 42.0 Å². The van der Waals surface area contributed by atoms with Crippen molar-refractivity contribution in [1.82, 2.24) is 10.2 Å². The van der Waals surface area contributed by atoms with Gasteiger partial charge >= 0.3 is 0 Å². The zero-order valence-corrected chi connectivity index (χ0v) is 17.9. The Morgan fingerprint density at radius 3 is 2.55 bits per heavy atom. The third-order valence-corrected chi connectivity index (χ3v) is 5.65. The molecule has 1 N–H and O–H groups in total. The number of carbonyl (C=O) groups excluding carboxylic acids is 1. The molecule has 5 nitrogen and oxygen atoms in total. The smallest absolute Gasteiger partial charge is 0.234 e. The first-order chi connectivity index (χ1) is 14.0. The molecule has 2 aromatic carbocycles. The van der Waals surface area contributed by atoms with Gasteiger partial charge in [-0.25, -0.2) is 0 Å². The van der Waals surface area contributed by atoms with Gasteiger partial charge in [0.1, 0.15) is 11.5 Å². The Kier molecular flexibility index (Phi) is 7.15. The van der Waals surface area contributed by atoms with Crippen LogP contribution in [0.1, 0.15) is 49.9 Å². The minimum Gasteiger partial charge on any atom is -0.497 e. The van der Waals surface area contributed by atoms with Crippen molar-refractivity contribution in [2.45, 2.75) is 38.8 Å². The van der Waals surface area contributed by atoms with Gasteiger partial charge in [-0.3, -0.25) is 9.69 Å². The van der Waals surface area contributed by atoms with Gasteiger partial charge in [-0.05, 0) is 36.9 Å². The Morgan fingerprint density at radius 2 is 1.90 bits per heavy atom. The lowest BCUT2D eigenvalue weighted by atomic mass is 9.96. The fourth-order valence-corrected chi connectivity index (χ4v) is 4.16. The molecule has 5 heteroatoms. The van der Waals surface area contributed by atoms with E-state index < -0.39 is 0 Å². The zero-order chi connectivity index (χ0) is 20.8. The molecule has 156 valence electrons. The minimum atomic E-state index is 0.0141. The van der Waals surface area contributed by atoms with Crippen LogP contribution in [-0.2, 0) is 4.79 Å². The highest BCUT2D eigenvalue weighted by molar-refractivity contribution is 5.78. The van der Waals surface area contributed by atoms with Crippen molar-refractivity contribution in [1.29, 1.82) is 0 Å². The third kappa shape index (κ3) is 5.10. The van der Waals surface area contributed by atoms with Crippen LogP contribution in [0.15, 0.2) is 48.5 Å². The molecule has 1 aliphatic rings. The summed E-state index contributed by atoms with van der Waals surface area (Å²) in [6.07, 6.45) is 2.09. The summed E-state index contributed by atoms with van der Waals surface area (Å²) in [7, 11) is 3.33. The molecule has 1 fully saturated rings. The van der Waals surface area contributed by atoms with Crippen molar-refractivity contribution in [3.05, 3.63) is 59.7 Å². The van der Waals surface area contributed by atoms with Gasteiger partial charge in [-0.15, -0.1) is 0 Å². The van der Waals surface area contributed by atoms with Gasteiger partial charge < -0.3 is 14.8 Å². The summed E-state index contributed by atoms with van der Waals surface area (Å²) >= 11 is 0. The van der Waals surface area contributed by atoms with Crippen molar-refractivity contribution < 1.29 is 14.3 Å². The Bertz CT molecular complexity index is 807. The van der Waals surface area contributed by atoms with Crippen molar-refractivity contribution in [3.8, 4) is 11.5 Å². The molecular weight excluding hydrogens is 364 g/mol. The van der Waals surface area contributed by atoms with Crippen molar-refractivity contribution >= 4 is 5.91 Å². The molecule has 1 saturated heterocycles. The first-order valence-electron chi connectivity index (χ1n) is 10.3. The maximum atomic E-state index is 12.9. The molecule has 0 aliphatic carbocycles. The van der Waals surface area contributed by atoms with E-state index in [9.17, 15) is 4.79 Å². The van der Waals surface area contributed by atoms with Gasteiger partial charge in [0.05, 0.1) is 26.8 Å². The van der Waals surface area contributed by atoms with Crippen LogP contribution in [0.2, 0.25) is 0 Å². The van der Waals surface area contributed by atoms with Crippen LogP contribution in [0.4, 0.5) is 0 Å². The van der Waals surface area contributed by atoms with Gasteiger partial charge in [-0.1, -0.05) is 50.2 Å². The van der Waals surface area contributed by atoms with E-state index in [1.54, 1.807) is 14.2 Å². The standard InChI is InChI=1S/C24H32N2O3/c1-17(2)24(18-9-6-5-7-10-18)25-23(27)16-26-14-8-11-21(26)20-13-12-19(28-3)15-22(20)29-4/h5-7,9-10,12-13,15,17,21,24H,8,11,14,16H2,1-4H3,(H,25,27). The molecule has 0 radical (unpaired) electrons. The van der Waals surface area contributed by atoms with Crippen LogP contribution in [-0.4, -0.2) is 38.1 Å². The van der Waals surface area contributed by atoms with Crippen LogP contribution in [0.5, 0.6) is 11.5 Å². The van der Waals surface area contributed by atoms with Crippen LogP contribution >= 0.6 is 0 Å². The number of benzene rings is 2. The fraction of sp³-hybridized carbons (Fsp3) is 0.458. The highest BCUT2D eigenvalue weighted by atomic mass is 16.5. The summed E-state index contributed by atoms with van der Waals surface area (Å²) in [5.74, 6) is 1.96. The summed E-state index contributed by atoms with van der Waals surface area (Å²) in [4.78, 5) is 15.2. The maximum absolute atomic E-state index is 12.9. The van der Waals surface area contributed by atoms with E-state index in [-0.39, 0.29) is 18.0 Å². The van der Waals surface area contributed by atoms with E-state index in [4.69, 9.17) is 9.47 Å². The SMILES string of the molecule is COc1ccc(C2CCCN2CC(=O)NC(c2ccccc2)C(C)C)c(OC)c1. The van der Waals surface area contributed by atoms with Crippen molar-refractivity contribution in [3.63, 3.8) is 0 Å². The van der Waals surface area contributed by atoms with Crippen molar-refractivity contribution in [2.75, 3.05) is 27.3 Å². The van der Waals surface area contributed by atoms with E-state index >= 15 is 0 Å². The predicted molar refractivity (Wildman–Crippen MR) is 115 cm³/mol. The number of methoxy groups -OCH3 is 2. The van der Waals surface area contributed by atoms with Gasteiger partial charge in [0.25, 0.3) is 0 Å². The molecular formula is C24H32N2O3. The first kappa shape index (κ1) is 21.2. The molecule has 3 rings (SSSR count). The summed E-state index contributed by atoms with van der Waals surface area (Å²) in [6.45, 7) is 5.57. The lowest BCUT2D eigenvalue weighted by Gasteiger charge is -2.28. The number of likely N-dealkylation sites (tertiary alicyclic amines) is 1. The summed E-state index contributed by atoms with van der Waals surface area (Å²) in [6, 6.07) is 16.3. The van der Waals surface area contributed by atoms with Crippen LogP contribution < -0.4 is 14.8 Å². The second kappa shape index (κ2) is 9.79. The van der Waals surface area contributed by atoms with Gasteiger partial charge in [0.15, 0.2) is 0 Å². The maximum Gasteiger partial charge on any atom is 0.234 e. The average molecular weight is 397 g/mol. The number of ether oxygens (including phenoxy) is 2. The van der Waals surface area contributed by atoms with Gasteiger partial charge in [0.2, 0.25) is 5.91 Å². The Hall–Kier alpha value is -2.53. The highest BCUT2D eigenvalue weighted by Gasteiger charge is 2.30. The Labute approximate surface area is 174 Å². The van der Waals surface area contributed by atoms with E-state index in [1.165, 1.54) is 0 Å². The lowest BCUT2D eigenvalue weighted by molar-refractivity contribution is -0.123. The van der Waals surface area contributed by atoms with Crippen LogP contribution in [0, 0.1) is 5.92 Å². The molecule has 2 aromatic rings. The number of hydrogen-bond donors (Lipinski definition) is 1. The predicted octanol–water partition coefficient (Wildman–Crippen LogP) is 4.35. The Balaban J connectivity index is 1.71. The number of amides is 1.